The third-order valence-electron chi connectivity index (χ3n) is 2.49. The molecule has 0 radical (unpaired) electrons. The van der Waals surface area contributed by atoms with Crippen molar-refractivity contribution >= 4 is 11.8 Å². The largest absolute Gasteiger partial charge is 0.496 e. The predicted octanol–water partition coefficient (Wildman–Crippen LogP) is 3.48. The van der Waals surface area contributed by atoms with Crippen LogP contribution in [0.2, 0.25) is 0 Å². The summed E-state index contributed by atoms with van der Waals surface area (Å²) in [5, 5.41) is 3.44. The van der Waals surface area contributed by atoms with Crippen LogP contribution >= 0.6 is 11.8 Å². The molecule has 0 bridgehead atoms. The van der Waals surface area contributed by atoms with Gasteiger partial charge >= 0.3 is 0 Å². The van der Waals surface area contributed by atoms with E-state index in [4.69, 9.17) is 4.74 Å². The molecule has 0 heterocycles. The average Bonchev–Trinajstić information content (AvgIpc) is 2.29. The Bertz CT molecular complexity index is 328. The molecular weight excluding hydrogens is 218 g/mol. The number of nitrogens with one attached hydrogen (secondary N) is 1. The molecule has 1 aromatic rings. The number of thioether (sulfide) groups is 1. The Hall–Kier alpha value is -0.670. The quantitative estimate of drug-likeness (QED) is 0.768. The highest BCUT2D eigenvalue weighted by molar-refractivity contribution is 7.99. The molecule has 1 unspecified atom stereocenters. The van der Waals surface area contributed by atoms with Crippen LogP contribution in [0.25, 0.3) is 0 Å². The number of hydrogen-bond acceptors (Lipinski definition) is 3. The first-order valence-corrected chi connectivity index (χ1v) is 6.76. The molecule has 0 amide bonds. The van der Waals surface area contributed by atoms with Gasteiger partial charge in [0.25, 0.3) is 0 Å². The van der Waals surface area contributed by atoms with E-state index in [2.05, 4.69) is 38.2 Å². The molecule has 0 saturated heterocycles. The maximum atomic E-state index is 5.45. The smallest absolute Gasteiger partial charge is 0.124 e. The van der Waals surface area contributed by atoms with Crippen LogP contribution in [0.1, 0.15) is 32.4 Å². The number of benzene rings is 1. The SMILES string of the molecule is CCNC(C)c1c(OC)cccc1SCC. The third-order valence-corrected chi connectivity index (χ3v) is 3.44. The molecule has 0 aliphatic rings. The van der Waals surface area contributed by atoms with Gasteiger partial charge in [0.15, 0.2) is 0 Å². The van der Waals surface area contributed by atoms with E-state index in [0.717, 1.165) is 18.0 Å². The molecule has 0 fully saturated rings. The lowest BCUT2D eigenvalue weighted by Gasteiger charge is -2.19. The van der Waals surface area contributed by atoms with Crippen LogP contribution in [-0.2, 0) is 0 Å². The Morgan fingerprint density at radius 2 is 2.12 bits per heavy atom. The summed E-state index contributed by atoms with van der Waals surface area (Å²) >= 11 is 1.87. The van der Waals surface area contributed by atoms with E-state index < -0.39 is 0 Å². The predicted molar refractivity (Wildman–Crippen MR) is 71.5 cm³/mol. The van der Waals surface area contributed by atoms with Gasteiger partial charge in [0.1, 0.15) is 5.75 Å². The standard InChI is InChI=1S/C13H21NOS/c1-5-14-10(3)13-11(15-4)8-7-9-12(13)16-6-2/h7-10,14H,5-6H2,1-4H3. The van der Waals surface area contributed by atoms with E-state index in [1.807, 2.05) is 17.8 Å². The molecule has 0 saturated carbocycles. The Morgan fingerprint density at radius 3 is 2.69 bits per heavy atom. The minimum Gasteiger partial charge on any atom is -0.496 e. The van der Waals surface area contributed by atoms with E-state index >= 15 is 0 Å². The van der Waals surface area contributed by atoms with Crippen LogP contribution in [0.4, 0.5) is 0 Å². The average molecular weight is 239 g/mol. The van der Waals surface area contributed by atoms with Crippen molar-refractivity contribution < 1.29 is 4.74 Å². The van der Waals surface area contributed by atoms with Crippen molar-refractivity contribution in [3.8, 4) is 5.75 Å². The van der Waals surface area contributed by atoms with Gasteiger partial charge in [-0.15, -0.1) is 11.8 Å². The minimum absolute atomic E-state index is 0.329. The first kappa shape index (κ1) is 13.4. The number of hydrogen-bond donors (Lipinski definition) is 1. The fourth-order valence-corrected chi connectivity index (χ4v) is 2.74. The van der Waals surface area contributed by atoms with Gasteiger partial charge in [-0.1, -0.05) is 19.9 Å². The van der Waals surface area contributed by atoms with E-state index in [1.165, 1.54) is 10.5 Å². The molecule has 3 heteroatoms. The molecule has 16 heavy (non-hydrogen) atoms. The van der Waals surface area contributed by atoms with Gasteiger partial charge in [-0.05, 0) is 31.4 Å². The highest BCUT2D eigenvalue weighted by atomic mass is 32.2. The summed E-state index contributed by atoms with van der Waals surface area (Å²) in [4.78, 5) is 1.32. The summed E-state index contributed by atoms with van der Waals surface area (Å²) in [5.41, 5.74) is 1.28. The van der Waals surface area contributed by atoms with E-state index in [9.17, 15) is 0 Å². The molecule has 0 aliphatic heterocycles. The topological polar surface area (TPSA) is 21.3 Å². The number of ether oxygens (including phenoxy) is 1. The molecule has 1 N–H and O–H groups in total. The molecule has 0 aromatic heterocycles. The van der Waals surface area contributed by atoms with E-state index in [-0.39, 0.29) is 0 Å². The first-order valence-electron chi connectivity index (χ1n) is 5.77. The van der Waals surface area contributed by atoms with Gasteiger partial charge in [-0.25, -0.2) is 0 Å². The second-order valence-corrected chi connectivity index (χ2v) is 4.89. The normalized spacial score (nSPS) is 12.5. The molecule has 90 valence electrons. The number of methoxy groups -OCH3 is 1. The van der Waals surface area contributed by atoms with Crippen LogP contribution in [0.15, 0.2) is 23.1 Å². The van der Waals surface area contributed by atoms with Crippen LogP contribution in [-0.4, -0.2) is 19.4 Å². The second kappa shape index (κ2) is 6.81. The van der Waals surface area contributed by atoms with Crippen molar-refractivity contribution in [2.45, 2.75) is 31.7 Å². The summed E-state index contributed by atoms with van der Waals surface area (Å²) < 4.78 is 5.45. The summed E-state index contributed by atoms with van der Waals surface area (Å²) in [6.07, 6.45) is 0. The van der Waals surface area contributed by atoms with Crippen molar-refractivity contribution in [1.82, 2.24) is 5.32 Å². The summed E-state index contributed by atoms with van der Waals surface area (Å²) in [6.45, 7) is 7.45. The molecule has 0 spiro atoms. The van der Waals surface area contributed by atoms with Gasteiger partial charge < -0.3 is 10.1 Å². The first-order chi connectivity index (χ1) is 7.74. The van der Waals surface area contributed by atoms with Gasteiger partial charge in [0.2, 0.25) is 0 Å². The zero-order chi connectivity index (χ0) is 12.0. The monoisotopic (exact) mass is 239 g/mol. The van der Waals surface area contributed by atoms with Crippen LogP contribution in [0.5, 0.6) is 5.75 Å². The highest BCUT2D eigenvalue weighted by Gasteiger charge is 2.14. The summed E-state index contributed by atoms with van der Waals surface area (Å²) in [6, 6.07) is 6.58. The fourth-order valence-electron chi connectivity index (χ4n) is 1.82. The summed E-state index contributed by atoms with van der Waals surface area (Å²) in [7, 11) is 1.73. The van der Waals surface area contributed by atoms with Crippen molar-refractivity contribution in [3.05, 3.63) is 23.8 Å². The van der Waals surface area contributed by atoms with Gasteiger partial charge in [-0.2, -0.15) is 0 Å². The van der Waals surface area contributed by atoms with Crippen molar-refractivity contribution in [2.75, 3.05) is 19.4 Å². The third kappa shape index (κ3) is 3.16. The van der Waals surface area contributed by atoms with E-state index in [0.29, 0.717) is 6.04 Å². The van der Waals surface area contributed by atoms with Crippen LogP contribution < -0.4 is 10.1 Å². The zero-order valence-electron chi connectivity index (χ0n) is 10.5. The van der Waals surface area contributed by atoms with E-state index in [1.54, 1.807) is 7.11 Å². The second-order valence-electron chi connectivity index (χ2n) is 3.58. The maximum absolute atomic E-state index is 5.45. The van der Waals surface area contributed by atoms with Crippen molar-refractivity contribution in [3.63, 3.8) is 0 Å². The molecule has 1 aromatic carbocycles. The van der Waals surface area contributed by atoms with Crippen LogP contribution in [0.3, 0.4) is 0 Å². The Kier molecular flexibility index (Phi) is 5.71. The molecule has 2 nitrogen and oxygen atoms in total. The van der Waals surface area contributed by atoms with Gasteiger partial charge in [-0.3, -0.25) is 0 Å². The fraction of sp³-hybridized carbons (Fsp3) is 0.538. The zero-order valence-corrected chi connectivity index (χ0v) is 11.4. The Balaban J connectivity index is 3.08. The Labute approximate surface area is 103 Å². The van der Waals surface area contributed by atoms with Crippen molar-refractivity contribution in [2.24, 2.45) is 0 Å². The molecular formula is C13H21NOS. The summed E-state index contributed by atoms with van der Waals surface area (Å²) in [5.74, 6) is 2.06. The highest BCUT2D eigenvalue weighted by Crippen LogP contribution is 2.34. The lowest BCUT2D eigenvalue weighted by atomic mass is 10.1. The molecule has 0 aliphatic carbocycles. The van der Waals surface area contributed by atoms with Gasteiger partial charge in [0, 0.05) is 16.5 Å². The maximum Gasteiger partial charge on any atom is 0.124 e. The molecule has 1 rings (SSSR count). The Morgan fingerprint density at radius 1 is 1.38 bits per heavy atom. The minimum atomic E-state index is 0.329. The lowest BCUT2D eigenvalue weighted by molar-refractivity contribution is 0.400. The number of rotatable bonds is 6. The van der Waals surface area contributed by atoms with Gasteiger partial charge in [0.05, 0.1) is 7.11 Å². The van der Waals surface area contributed by atoms with Crippen molar-refractivity contribution in [1.29, 1.82) is 0 Å². The van der Waals surface area contributed by atoms with Crippen LogP contribution in [0, 0.1) is 0 Å². The molecule has 1 atom stereocenters. The lowest BCUT2D eigenvalue weighted by Crippen LogP contribution is -2.19.